The smallest absolute Gasteiger partial charge is 0.227 e. The third kappa shape index (κ3) is 2.96. The molecule has 4 aromatic rings. The number of rotatable bonds is 4. The van der Waals surface area contributed by atoms with E-state index < -0.39 is 0 Å². The predicted molar refractivity (Wildman–Crippen MR) is 92.2 cm³/mol. The van der Waals surface area contributed by atoms with Gasteiger partial charge in [-0.15, -0.1) is 0 Å². The maximum absolute atomic E-state index is 4.64. The van der Waals surface area contributed by atoms with Gasteiger partial charge in [0.15, 0.2) is 0 Å². The fraction of sp³-hybridized carbons (Fsp3) is 0.176. The second-order valence-corrected chi connectivity index (χ2v) is 5.75. The van der Waals surface area contributed by atoms with E-state index in [4.69, 9.17) is 0 Å². The highest BCUT2D eigenvalue weighted by Gasteiger charge is 2.06. The van der Waals surface area contributed by atoms with Crippen LogP contribution in [0.15, 0.2) is 43.0 Å². The number of hydrogen-bond donors (Lipinski definition) is 2. The van der Waals surface area contributed by atoms with Gasteiger partial charge < -0.3 is 14.9 Å². The van der Waals surface area contributed by atoms with Crippen molar-refractivity contribution in [1.29, 1.82) is 0 Å². The van der Waals surface area contributed by atoms with Crippen molar-refractivity contribution in [2.45, 2.75) is 20.4 Å². The zero-order chi connectivity index (χ0) is 16.5. The van der Waals surface area contributed by atoms with E-state index in [1.807, 2.05) is 48.9 Å². The van der Waals surface area contributed by atoms with Gasteiger partial charge in [-0.1, -0.05) is 0 Å². The molecule has 7 nitrogen and oxygen atoms in total. The van der Waals surface area contributed by atoms with Gasteiger partial charge in [-0.25, -0.2) is 19.9 Å². The number of hydrogen-bond acceptors (Lipinski definition) is 5. The highest BCUT2D eigenvalue weighted by Crippen LogP contribution is 2.20. The molecule has 0 aliphatic carbocycles. The number of aromatic nitrogens is 6. The molecule has 0 unspecified atom stereocenters. The zero-order valence-corrected chi connectivity index (χ0v) is 13.5. The SMILES string of the molecule is Cc1cc(C)nc(Nc2ccc3[nH]c(Cn4ccnc4)nc3c2)n1. The van der Waals surface area contributed by atoms with Gasteiger partial charge in [-0.2, -0.15) is 0 Å². The van der Waals surface area contributed by atoms with Gasteiger partial charge >= 0.3 is 0 Å². The topological polar surface area (TPSA) is 84.3 Å². The number of benzene rings is 1. The number of aryl methyl sites for hydroxylation is 2. The molecule has 24 heavy (non-hydrogen) atoms. The van der Waals surface area contributed by atoms with E-state index >= 15 is 0 Å². The molecule has 7 heteroatoms. The lowest BCUT2D eigenvalue weighted by atomic mass is 10.3. The highest BCUT2D eigenvalue weighted by atomic mass is 15.1. The van der Waals surface area contributed by atoms with E-state index in [0.717, 1.165) is 33.9 Å². The molecule has 120 valence electrons. The van der Waals surface area contributed by atoms with Crippen molar-refractivity contribution in [1.82, 2.24) is 29.5 Å². The predicted octanol–water partition coefficient (Wildman–Crippen LogP) is 2.96. The van der Waals surface area contributed by atoms with E-state index in [-0.39, 0.29) is 0 Å². The van der Waals surface area contributed by atoms with Crippen molar-refractivity contribution in [2.24, 2.45) is 0 Å². The summed E-state index contributed by atoms with van der Waals surface area (Å²) in [5.74, 6) is 1.49. The van der Waals surface area contributed by atoms with Crippen LogP contribution in [0.5, 0.6) is 0 Å². The molecule has 3 heterocycles. The first-order valence-electron chi connectivity index (χ1n) is 7.69. The van der Waals surface area contributed by atoms with Crippen LogP contribution < -0.4 is 5.32 Å². The lowest BCUT2D eigenvalue weighted by Crippen LogP contribution is -1.99. The third-order valence-corrected chi connectivity index (χ3v) is 3.66. The molecule has 0 atom stereocenters. The molecular weight excluding hydrogens is 302 g/mol. The van der Waals surface area contributed by atoms with Crippen LogP contribution in [0.4, 0.5) is 11.6 Å². The Kier molecular flexibility index (Phi) is 3.45. The van der Waals surface area contributed by atoms with Crippen molar-refractivity contribution < 1.29 is 0 Å². The van der Waals surface area contributed by atoms with Gasteiger partial charge in [-0.3, -0.25) is 0 Å². The Balaban J connectivity index is 1.60. The van der Waals surface area contributed by atoms with Crippen LogP contribution in [0.2, 0.25) is 0 Å². The second-order valence-electron chi connectivity index (χ2n) is 5.75. The molecule has 3 aromatic heterocycles. The van der Waals surface area contributed by atoms with Crippen LogP contribution in [-0.4, -0.2) is 29.5 Å². The molecule has 0 bridgehead atoms. The van der Waals surface area contributed by atoms with Crippen molar-refractivity contribution >= 4 is 22.7 Å². The fourth-order valence-electron chi connectivity index (χ4n) is 2.68. The largest absolute Gasteiger partial charge is 0.340 e. The van der Waals surface area contributed by atoms with Crippen LogP contribution >= 0.6 is 0 Å². The van der Waals surface area contributed by atoms with Crippen molar-refractivity contribution in [3.05, 3.63) is 60.2 Å². The molecule has 0 radical (unpaired) electrons. The van der Waals surface area contributed by atoms with Gasteiger partial charge in [0, 0.05) is 29.5 Å². The Bertz CT molecular complexity index is 965. The highest BCUT2D eigenvalue weighted by molar-refractivity contribution is 5.80. The summed E-state index contributed by atoms with van der Waals surface area (Å²) in [6, 6.07) is 7.93. The van der Waals surface area contributed by atoms with Gasteiger partial charge in [0.05, 0.1) is 23.9 Å². The van der Waals surface area contributed by atoms with Crippen LogP contribution in [0.25, 0.3) is 11.0 Å². The molecule has 0 fully saturated rings. The minimum atomic E-state index is 0.598. The summed E-state index contributed by atoms with van der Waals surface area (Å²) in [5, 5.41) is 3.24. The molecule has 0 aliphatic rings. The monoisotopic (exact) mass is 319 g/mol. The van der Waals surface area contributed by atoms with Crippen molar-refractivity contribution in [3.8, 4) is 0 Å². The van der Waals surface area contributed by atoms with E-state index in [1.54, 1.807) is 12.5 Å². The Labute approximate surface area is 138 Å². The third-order valence-electron chi connectivity index (χ3n) is 3.66. The summed E-state index contributed by atoms with van der Waals surface area (Å²) < 4.78 is 1.97. The summed E-state index contributed by atoms with van der Waals surface area (Å²) in [4.78, 5) is 20.8. The fourth-order valence-corrected chi connectivity index (χ4v) is 2.68. The number of H-pyrrole nitrogens is 1. The van der Waals surface area contributed by atoms with Crippen molar-refractivity contribution in [2.75, 3.05) is 5.32 Å². The maximum Gasteiger partial charge on any atom is 0.227 e. The number of nitrogens with zero attached hydrogens (tertiary/aromatic N) is 5. The first-order valence-corrected chi connectivity index (χ1v) is 7.69. The molecule has 0 saturated heterocycles. The van der Waals surface area contributed by atoms with Crippen LogP contribution in [0.3, 0.4) is 0 Å². The number of aromatic amines is 1. The Morgan fingerprint density at radius 3 is 2.67 bits per heavy atom. The van der Waals surface area contributed by atoms with E-state index in [9.17, 15) is 0 Å². The minimum Gasteiger partial charge on any atom is -0.340 e. The van der Waals surface area contributed by atoms with Crippen molar-refractivity contribution in [3.63, 3.8) is 0 Å². The molecule has 0 spiro atoms. The average molecular weight is 319 g/mol. The van der Waals surface area contributed by atoms with Gasteiger partial charge in [0.2, 0.25) is 5.95 Å². The molecule has 1 aromatic carbocycles. The van der Waals surface area contributed by atoms with Gasteiger partial charge in [0.25, 0.3) is 0 Å². The van der Waals surface area contributed by atoms with E-state index in [1.165, 1.54) is 0 Å². The molecule has 0 aliphatic heterocycles. The van der Waals surface area contributed by atoms with Crippen LogP contribution in [-0.2, 0) is 6.54 Å². The van der Waals surface area contributed by atoms with Crippen LogP contribution in [0, 0.1) is 13.8 Å². The first kappa shape index (κ1) is 14.4. The minimum absolute atomic E-state index is 0.598. The summed E-state index contributed by atoms with van der Waals surface area (Å²) in [6.45, 7) is 4.58. The standard InChI is InChI=1S/C17H17N7/c1-11-7-12(2)20-17(19-11)21-13-3-4-14-15(8-13)23-16(22-14)9-24-6-5-18-10-24/h3-8,10H,9H2,1-2H3,(H,22,23)(H,19,20,21). The number of anilines is 2. The Morgan fingerprint density at radius 2 is 1.92 bits per heavy atom. The van der Waals surface area contributed by atoms with Gasteiger partial charge in [0.1, 0.15) is 5.82 Å². The number of fused-ring (bicyclic) bond motifs is 1. The lowest BCUT2D eigenvalue weighted by Gasteiger charge is -2.06. The summed E-state index contributed by atoms with van der Waals surface area (Å²) >= 11 is 0. The Hall–Kier alpha value is -3.22. The van der Waals surface area contributed by atoms with Crippen LogP contribution in [0.1, 0.15) is 17.2 Å². The molecule has 4 rings (SSSR count). The van der Waals surface area contributed by atoms with E-state index in [2.05, 4.69) is 30.2 Å². The maximum atomic E-state index is 4.64. The summed E-state index contributed by atoms with van der Waals surface area (Å²) in [5.41, 5.74) is 4.69. The molecule has 2 N–H and O–H groups in total. The summed E-state index contributed by atoms with van der Waals surface area (Å²) in [6.07, 6.45) is 5.45. The lowest BCUT2D eigenvalue weighted by molar-refractivity contribution is 0.758. The molecule has 0 saturated carbocycles. The number of imidazole rings is 2. The number of nitrogens with one attached hydrogen (secondary N) is 2. The Morgan fingerprint density at radius 1 is 1.08 bits per heavy atom. The second kappa shape index (κ2) is 5.77. The molecule has 0 amide bonds. The normalized spacial score (nSPS) is 11.1. The quantitative estimate of drug-likeness (QED) is 0.604. The first-order chi connectivity index (χ1) is 11.7. The van der Waals surface area contributed by atoms with Gasteiger partial charge in [-0.05, 0) is 38.1 Å². The summed E-state index contributed by atoms with van der Waals surface area (Å²) in [7, 11) is 0. The zero-order valence-electron chi connectivity index (χ0n) is 13.5. The van der Waals surface area contributed by atoms with E-state index in [0.29, 0.717) is 12.5 Å². The molecular formula is C17H17N7. The average Bonchev–Trinajstić information content (AvgIpc) is 3.15.